The van der Waals surface area contributed by atoms with E-state index in [-0.39, 0.29) is 0 Å². The van der Waals surface area contributed by atoms with Crippen LogP contribution in [0.4, 0.5) is 0 Å². The van der Waals surface area contributed by atoms with Gasteiger partial charge in [0.25, 0.3) is 0 Å². The topological polar surface area (TPSA) is 72.9 Å². The third kappa shape index (κ3) is 4.52. The van der Waals surface area contributed by atoms with Crippen LogP contribution in [-0.4, -0.2) is 45.5 Å². The number of ether oxygens (including phenoxy) is 2. The fraction of sp³-hybridized carbons (Fsp3) is 0.850. The van der Waals surface area contributed by atoms with Gasteiger partial charge in [0.15, 0.2) is 5.82 Å². The van der Waals surface area contributed by atoms with Crippen LogP contribution in [0.3, 0.4) is 0 Å². The smallest absolute Gasteiger partial charge is 0.174 e. The number of aromatic nitrogens is 4. The monoisotopic (exact) mass is 360 g/mol. The molecule has 1 saturated carbocycles. The molecule has 1 aliphatic carbocycles. The van der Waals surface area contributed by atoms with E-state index in [1.807, 2.05) is 0 Å². The number of fused-ring (bicyclic) bond motifs is 2. The Bertz CT molecular complexity index is 556. The summed E-state index contributed by atoms with van der Waals surface area (Å²) >= 11 is 0. The van der Waals surface area contributed by atoms with E-state index in [9.17, 15) is 0 Å². The van der Waals surface area contributed by atoms with Gasteiger partial charge in [0.2, 0.25) is 0 Å². The van der Waals surface area contributed by atoms with E-state index >= 15 is 0 Å². The number of aryl methyl sites for hydroxylation is 1. The van der Waals surface area contributed by atoms with Crippen molar-refractivity contribution in [2.45, 2.75) is 88.9 Å². The molecule has 3 aliphatic rings. The van der Waals surface area contributed by atoms with Gasteiger partial charge >= 0.3 is 0 Å². The molecule has 0 spiro atoms. The zero-order valence-electron chi connectivity index (χ0n) is 15.7. The number of H-pyrrole nitrogens is 1. The molecule has 6 nitrogen and oxygen atoms in total. The molecule has 1 N–H and O–H groups in total. The second-order valence-electron chi connectivity index (χ2n) is 8.14. The maximum Gasteiger partial charge on any atom is 0.174 e. The highest BCUT2D eigenvalue weighted by molar-refractivity contribution is 5.00. The first-order valence-corrected chi connectivity index (χ1v) is 10.5. The maximum atomic E-state index is 6.31. The zero-order valence-corrected chi connectivity index (χ0v) is 15.7. The first-order chi connectivity index (χ1) is 12.9. The highest BCUT2D eigenvalue weighted by atomic mass is 16.5. The van der Waals surface area contributed by atoms with E-state index in [1.165, 1.54) is 44.9 Å². The van der Waals surface area contributed by atoms with Gasteiger partial charge in [-0.05, 0) is 50.9 Å². The van der Waals surface area contributed by atoms with Crippen molar-refractivity contribution < 1.29 is 9.47 Å². The number of unbranched alkanes of at least 4 members (excludes halogenated alkanes) is 1. The second-order valence-corrected chi connectivity index (χ2v) is 8.14. The van der Waals surface area contributed by atoms with Gasteiger partial charge in [0.1, 0.15) is 0 Å². The highest BCUT2D eigenvalue weighted by Gasteiger charge is 2.48. The molecule has 0 aromatic carbocycles. The highest BCUT2D eigenvalue weighted by Crippen LogP contribution is 2.45. The van der Waals surface area contributed by atoms with Crippen LogP contribution in [0.25, 0.3) is 0 Å². The molecule has 144 valence electrons. The van der Waals surface area contributed by atoms with Crippen LogP contribution in [0.15, 0.2) is 12.2 Å². The second kappa shape index (κ2) is 9.09. The molecule has 1 aromatic heterocycles. The number of tetrazole rings is 1. The molecule has 2 saturated heterocycles. The minimum Gasteiger partial charge on any atom is -0.378 e. The van der Waals surface area contributed by atoms with Crippen LogP contribution in [0.5, 0.6) is 0 Å². The number of nitrogens with one attached hydrogen (secondary N) is 1. The molecule has 4 rings (SSSR count). The van der Waals surface area contributed by atoms with E-state index < -0.39 is 0 Å². The summed E-state index contributed by atoms with van der Waals surface area (Å²) in [6.45, 7) is 0.905. The van der Waals surface area contributed by atoms with Gasteiger partial charge < -0.3 is 9.47 Å². The Kier molecular flexibility index (Phi) is 6.33. The summed E-state index contributed by atoms with van der Waals surface area (Å²) in [5.74, 6) is 2.05. The Morgan fingerprint density at radius 3 is 2.69 bits per heavy atom. The number of rotatable bonds is 9. The molecule has 2 aliphatic heterocycles. The van der Waals surface area contributed by atoms with Gasteiger partial charge in [-0.15, -0.1) is 10.2 Å². The number of hydrogen-bond donors (Lipinski definition) is 1. The van der Waals surface area contributed by atoms with E-state index in [0.717, 1.165) is 38.1 Å². The van der Waals surface area contributed by atoms with Crippen molar-refractivity contribution in [3.63, 3.8) is 0 Å². The van der Waals surface area contributed by atoms with Gasteiger partial charge in [-0.1, -0.05) is 36.6 Å². The minimum atomic E-state index is 0.445. The maximum absolute atomic E-state index is 6.31. The normalized spacial score (nSPS) is 32.0. The molecule has 0 unspecified atom stereocenters. The predicted octanol–water partition coefficient (Wildman–Crippen LogP) is 3.61. The first kappa shape index (κ1) is 18.1. The zero-order chi connectivity index (χ0) is 17.6. The molecule has 3 heterocycles. The number of aromatic amines is 1. The Labute approximate surface area is 156 Å². The van der Waals surface area contributed by atoms with Crippen molar-refractivity contribution >= 4 is 0 Å². The largest absolute Gasteiger partial charge is 0.378 e. The summed E-state index contributed by atoms with van der Waals surface area (Å²) in [5.41, 5.74) is 0. The third-order valence-electron chi connectivity index (χ3n) is 6.40. The van der Waals surface area contributed by atoms with Crippen molar-refractivity contribution in [3.8, 4) is 0 Å². The third-order valence-corrected chi connectivity index (χ3v) is 6.40. The van der Waals surface area contributed by atoms with Crippen LogP contribution in [0.1, 0.15) is 70.0 Å². The fourth-order valence-electron chi connectivity index (χ4n) is 4.94. The van der Waals surface area contributed by atoms with Crippen molar-refractivity contribution in [2.24, 2.45) is 11.8 Å². The van der Waals surface area contributed by atoms with Crippen molar-refractivity contribution in [1.82, 2.24) is 20.6 Å². The lowest BCUT2D eigenvalue weighted by molar-refractivity contribution is -0.0130. The van der Waals surface area contributed by atoms with Crippen LogP contribution in [0.2, 0.25) is 0 Å². The van der Waals surface area contributed by atoms with Gasteiger partial charge in [0, 0.05) is 12.3 Å². The van der Waals surface area contributed by atoms with E-state index in [4.69, 9.17) is 9.47 Å². The van der Waals surface area contributed by atoms with Gasteiger partial charge in [0.05, 0.1) is 24.9 Å². The molecule has 26 heavy (non-hydrogen) atoms. The summed E-state index contributed by atoms with van der Waals surface area (Å²) in [5, 5.41) is 14.1. The van der Waals surface area contributed by atoms with Crippen LogP contribution < -0.4 is 0 Å². The average Bonchev–Trinajstić information content (AvgIpc) is 3.41. The van der Waals surface area contributed by atoms with Crippen molar-refractivity contribution in [3.05, 3.63) is 18.0 Å². The summed E-state index contributed by atoms with van der Waals surface area (Å²) in [6.07, 6.45) is 19.3. The molecule has 6 heteroatoms. The lowest BCUT2D eigenvalue weighted by Crippen LogP contribution is -2.32. The Morgan fingerprint density at radius 1 is 1.04 bits per heavy atom. The minimum absolute atomic E-state index is 0.445. The number of nitrogens with zero attached hydrogens (tertiary/aromatic N) is 3. The summed E-state index contributed by atoms with van der Waals surface area (Å²) < 4.78 is 12.5. The average molecular weight is 361 g/mol. The molecule has 0 radical (unpaired) electrons. The van der Waals surface area contributed by atoms with Gasteiger partial charge in [-0.3, -0.25) is 0 Å². The van der Waals surface area contributed by atoms with Crippen LogP contribution >= 0.6 is 0 Å². The van der Waals surface area contributed by atoms with Crippen molar-refractivity contribution in [1.29, 1.82) is 0 Å². The Morgan fingerprint density at radius 2 is 1.88 bits per heavy atom. The quantitative estimate of drug-likeness (QED) is 0.538. The van der Waals surface area contributed by atoms with Crippen LogP contribution in [0, 0.1) is 11.8 Å². The van der Waals surface area contributed by atoms with Crippen LogP contribution in [-0.2, 0) is 15.9 Å². The first-order valence-electron chi connectivity index (χ1n) is 10.5. The molecule has 4 atom stereocenters. The lowest BCUT2D eigenvalue weighted by Gasteiger charge is -2.30. The molecule has 0 amide bonds. The molecular formula is C20H32N4O2. The number of allylic oxidation sites excluding steroid dienone is 2. The Hall–Kier alpha value is -1.27. The molecule has 3 fully saturated rings. The molecule has 1 aromatic rings. The van der Waals surface area contributed by atoms with Gasteiger partial charge in [-0.25, -0.2) is 0 Å². The summed E-state index contributed by atoms with van der Waals surface area (Å²) in [4.78, 5) is 0. The standard InChI is InChI=1S/C20H32N4O2/c1(2-7-11-20-21-23-24-22-20)6-10-16-17(19-13-12-18(16)26-19)14-25-15-8-4-3-5-9-15/h1,6,15-19H,2-5,7-14H2,(H,21,22,23,24)/t16-,17+,18-,19+/m0/s1. The van der Waals surface area contributed by atoms with E-state index in [0.29, 0.717) is 30.1 Å². The lowest BCUT2D eigenvalue weighted by atomic mass is 9.78. The van der Waals surface area contributed by atoms with E-state index in [2.05, 4.69) is 32.8 Å². The van der Waals surface area contributed by atoms with Crippen molar-refractivity contribution in [2.75, 3.05) is 6.61 Å². The number of hydrogen-bond acceptors (Lipinski definition) is 5. The predicted molar refractivity (Wildman–Crippen MR) is 98.6 cm³/mol. The molecular weight excluding hydrogens is 328 g/mol. The van der Waals surface area contributed by atoms with E-state index in [1.54, 1.807) is 0 Å². The molecule has 2 bridgehead atoms. The summed E-state index contributed by atoms with van der Waals surface area (Å²) in [6, 6.07) is 0. The van der Waals surface area contributed by atoms with Gasteiger partial charge in [-0.2, -0.15) is 5.21 Å². The SMILES string of the molecule is C(=CC[C@H]1[C@@H](COC2CCCCC2)[C@H]2CC[C@@H]1O2)CCCc1nn[nH]n1. The Balaban J connectivity index is 1.20. The fourth-order valence-corrected chi connectivity index (χ4v) is 4.94. The summed E-state index contributed by atoms with van der Waals surface area (Å²) in [7, 11) is 0.